The molecule has 0 aliphatic heterocycles. The molecule has 0 radical (unpaired) electrons. The number of hydrogen-bond acceptors (Lipinski definition) is 2. The largest absolute Gasteiger partial charge is 0.376 e. The lowest BCUT2D eigenvalue weighted by Crippen LogP contribution is -2.33. The van der Waals surface area contributed by atoms with Crippen molar-refractivity contribution >= 4 is 23.2 Å². The van der Waals surface area contributed by atoms with Gasteiger partial charge in [0.05, 0.1) is 0 Å². The van der Waals surface area contributed by atoms with Gasteiger partial charge in [0, 0.05) is 19.5 Å². The summed E-state index contributed by atoms with van der Waals surface area (Å²) in [5.74, 6) is 0.0104. The SMILES string of the molecule is CCNC(=O)CCNC(N)=S. The van der Waals surface area contributed by atoms with Crippen molar-refractivity contribution in [1.29, 1.82) is 0 Å². The molecular formula is C6H13N3OS. The fourth-order valence-electron chi connectivity index (χ4n) is 0.585. The molecule has 1 amide bonds. The normalized spacial score (nSPS) is 8.82. The average molecular weight is 175 g/mol. The number of carbonyl (C=O) groups is 1. The van der Waals surface area contributed by atoms with E-state index in [1.54, 1.807) is 0 Å². The van der Waals surface area contributed by atoms with Crippen molar-refractivity contribution in [2.24, 2.45) is 5.73 Å². The molecule has 0 saturated heterocycles. The first-order valence-corrected chi connectivity index (χ1v) is 3.87. The van der Waals surface area contributed by atoms with Crippen molar-refractivity contribution in [3.63, 3.8) is 0 Å². The van der Waals surface area contributed by atoms with Crippen LogP contribution in [0.3, 0.4) is 0 Å². The highest BCUT2D eigenvalue weighted by Crippen LogP contribution is 1.75. The molecular weight excluding hydrogens is 162 g/mol. The summed E-state index contributed by atoms with van der Waals surface area (Å²) in [5.41, 5.74) is 5.14. The van der Waals surface area contributed by atoms with E-state index in [1.165, 1.54) is 0 Å². The zero-order valence-corrected chi connectivity index (χ0v) is 7.33. The molecule has 0 spiro atoms. The predicted molar refractivity (Wildman–Crippen MR) is 48.1 cm³/mol. The molecule has 5 heteroatoms. The molecule has 0 heterocycles. The van der Waals surface area contributed by atoms with E-state index >= 15 is 0 Å². The zero-order valence-electron chi connectivity index (χ0n) is 6.52. The van der Waals surface area contributed by atoms with Crippen LogP contribution in [0.15, 0.2) is 0 Å². The van der Waals surface area contributed by atoms with Gasteiger partial charge in [-0.25, -0.2) is 0 Å². The Kier molecular flexibility index (Phi) is 5.46. The monoisotopic (exact) mass is 175 g/mol. The van der Waals surface area contributed by atoms with E-state index in [9.17, 15) is 4.79 Å². The van der Waals surface area contributed by atoms with Crippen molar-refractivity contribution in [2.45, 2.75) is 13.3 Å². The summed E-state index contributed by atoms with van der Waals surface area (Å²) < 4.78 is 0. The summed E-state index contributed by atoms with van der Waals surface area (Å²) in [5, 5.41) is 5.57. The van der Waals surface area contributed by atoms with Gasteiger partial charge in [-0.2, -0.15) is 0 Å². The highest BCUT2D eigenvalue weighted by molar-refractivity contribution is 7.80. The minimum Gasteiger partial charge on any atom is -0.376 e. The Hall–Kier alpha value is -0.840. The Morgan fingerprint density at radius 1 is 1.55 bits per heavy atom. The standard InChI is InChI=1S/C6H13N3OS/c1-2-8-5(10)3-4-9-6(7)11/h2-4H2,1H3,(H,8,10)(H3,7,9,11). The molecule has 0 atom stereocenters. The van der Waals surface area contributed by atoms with Crippen molar-refractivity contribution < 1.29 is 4.79 Å². The second kappa shape index (κ2) is 5.91. The topological polar surface area (TPSA) is 67.2 Å². The average Bonchev–Trinajstić information content (AvgIpc) is 1.87. The van der Waals surface area contributed by atoms with Gasteiger partial charge in [0.1, 0.15) is 0 Å². The molecule has 0 bridgehead atoms. The maximum atomic E-state index is 10.8. The summed E-state index contributed by atoms with van der Waals surface area (Å²) in [6.07, 6.45) is 0.408. The van der Waals surface area contributed by atoms with E-state index in [4.69, 9.17) is 5.73 Å². The molecule has 0 unspecified atom stereocenters. The van der Waals surface area contributed by atoms with Crippen LogP contribution in [-0.2, 0) is 4.79 Å². The molecule has 0 saturated carbocycles. The van der Waals surface area contributed by atoms with Crippen molar-refractivity contribution in [2.75, 3.05) is 13.1 Å². The molecule has 11 heavy (non-hydrogen) atoms. The molecule has 64 valence electrons. The van der Waals surface area contributed by atoms with Gasteiger partial charge in [0.15, 0.2) is 5.11 Å². The van der Waals surface area contributed by atoms with E-state index in [0.717, 1.165) is 0 Å². The summed E-state index contributed by atoms with van der Waals surface area (Å²) in [7, 11) is 0. The Bertz CT molecular complexity index is 149. The predicted octanol–water partition coefficient (Wildman–Crippen LogP) is -0.654. The van der Waals surface area contributed by atoms with Gasteiger partial charge in [0.25, 0.3) is 0 Å². The van der Waals surface area contributed by atoms with Crippen LogP contribution >= 0.6 is 12.2 Å². The second-order valence-electron chi connectivity index (χ2n) is 1.99. The summed E-state index contributed by atoms with van der Waals surface area (Å²) in [4.78, 5) is 10.8. The first kappa shape index (κ1) is 10.2. The van der Waals surface area contributed by atoms with Crippen molar-refractivity contribution in [3.8, 4) is 0 Å². The third-order valence-electron chi connectivity index (χ3n) is 1.03. The van der Waals surface area contributed by atoms with Crippen LogP contribution in [0.5, 0.6) is 0 Å². The van der Waals surface area contributed by atoms with Crippen LogP contribution < -0.4 is 16.4 Å². The minimum absolute atomic E-state index is 0.0104. The van der Waals surface area contributed by atoms with Crippen LogP contribution in [-0.4, -0.2) is 24.1 Å². The van der Waals surface area contributed by atoms with Gasteiger partial charge in [-0.3, -0.25) is 4.79 Å². The number of thiocarbonyl (C=S) groups is 1. The van der Waals surface area contributed by atoms with Crippen LogP contribution in [0.25, 0.3) is 0 Å². The summed E-state index contributed by atoms with van der Waals surface area (Å²) in [6.45, 7) is 3.03. The van der Waals surface area contributed by atoms with Gasteiger partial charge >= 0.3 is 0 Å². The lowest BCUT2D eigenvalue weighted by molar-refractivity contribution is -0.120. The molecule has 0 aliphatic carbocycles. The summed E-state index contributed by atoms with van der Waals surface area (Å²) >= 11 is 4.55. The number of amides is 1. The van der Waals surface area contributed by atoms with Crippen molar-refractivity contribution in [1.82, 2.24) is 10.6 Å². The quantitative estimate of drug-likeness (QED) is 0.497. The first-order valence-electron chi connectivity index (χ1n) is 3.46. The first-order chi connectivity index (χ1) is 5.16. The fourth-order valence-corrected chi connectivity index (χ4v) is 0.687. The molecule has 0 aromatic carbocycles. The Morgan fingerprint density at radius 2 is 2.18 bits per heavy atom. The fraction of sp³-hybridized carbons (Fsp3) is 0.667. The highest BCUT2D eigenvalue weighted by atomic mass is 32.1. The van der Waals surface area contributed by atoms with E-state index in [0.29, 0.717) is 19.5 Å². The number of hydrogen-bond donors (Lipinski definition) is 3. The Labute approximate surface area is 71.5 Å². The van der Waals surface area contributed by atoms with Crippen LogP contribution in [0.4, 0.5) is 0 Å². The smallest absolute Gasteiger partial charge is 0.221 e. The maximum Gasteiger partial charge on any atom is 0.221 e. The molecule has 0 aromatic rings. The van der Waals surface area contributed by atoms with Crippen LogP contribution in [0.1, 0.15) is 13.3 Å². The van der Waals surface area contributed by atoms with Gasteiger partial charge in [-0.15, -0.1) is 0 Å². The van der Waals surface area contributed by atoms with Crippen LogP contribution in [0.2, 0.25) is 0 Å². The van der Waals surface area contributed by atoms with Gasteiger partial charge < -0.3 is 16.4 Å². The van der Waals surface area contributed by atoms with E-state index in [1.807, 2.05) is 6.92 Å². The number of nitrogens with two attached hydrogens (primary N) is 1. The van der Waals surface area contributed by atoms with Gasteiger partial charge in [-0.05, 0) is 19.1 Å². The number of rotatable bonds is 4. The maximum absolute atomic E-state index is 10.8. The highest BCUT2D eigenvalue weighted by Gasteiger charge is 1.97. The lowest BCUT2D eigenvalue weighted by Gasteiger charge is -2.02. The molecule has 0 aromatic heterocycles. The van der Waals surface area contributed by atoms with Gasteiger partial charge in [-0.1, -0.05) is 0 Å². The second-order valence-corrected chi connectivity index (χ2v) is 2.43. The Morgan fingerprint density at radius 3 is 2.64 bits per heavy atom. The third-order valence-corrected chi connectivity index (χ3v) is 1.17. The molecule has 0 aliphatic rings. The van der Waals surface area contributed by atoms with E-state index in [-0.39, 0.29) is 11.0 Å². The van der Waals surface area contributed by atoms with E-state index < -0.39 is 0 Å². The molecule has 0 fully saturated rings. The van der Waals surface area contributed by atoms with Gasteiger partial charge in [0.2, 0.25) is 5.91 Å². The molecule has 4 N–H and O–H groups in total. The van der Waals surface area contributed by atoms with Crippen LogP contribution in [0, 0.1) is 0 Å². The van der Waals surface area contributed by atoms with Crippen molar-refractivity contribution in [3.05, 3.63) is 0 Å². The number of carbonyl (C=O) groups excluding carboxylic acids is 1. The lowest BCUT2D eigenvalue weighted by atomic mass is 10.4. The number of nitrogens with one attached hydrogen (secondary N) is 2. The Balaban J connectivity index is 3.24. The molecule has 0 rings (SSSR count). The third kappa shape index (κ3) is 7.05. The summed E-state index contributed by atoms with van der Waals surface area (Å²) in [6, 6.07) is 0. The minimum atomic E-state index is 0.0104. The zero-order chi connectivity index (χ0) is 8.69. The van der Waals surface area contributed by atoms with E-state index in [2.05, 4.69) is 22.9 Å². The molecule has 4 nitrogen and oxygen atoms in total.